The first kappa shape index (κ1) is 13.9. The number of anilines is 1. The Bertz CT molecular complexity index is 524. The molecule has 20 heavy (non-hydrogen) atoms. The van der Waals surface area contributed by atoms with Crippen molar-refractivity contribution in [3.05, 3.63) is 36.4 Å². The number of carbonyl (C=O) groups excluding carboxylic acids is 1. The molecule has 6 nitrogen and oxygen atoms in total. The number of carbonyl (C=O) groups is 2. The lowest BCUT2D eigenvalue weighted by atomic mass is 10.2. The Balaban J connectivity index is 1.87. The van der Waals surface area contributed by atoms with Gasteiger partial charge in [-0.2, -0.15) is 0 Å². The van der Waals surface area contributed by atoms with Gasteiger partial charge in [-0.25, -0.2) is 4.79 Å². The summed E-state index contributed by atoms with van der Waals surface area (Å²) in [6.45, 7) is 1.47. The second-order valence-electron chi connectivity index (χ2n) is 4.63. The number of amides is 1. The first-order valence-electron chi connectivity index (χ1n) is 6.30. The summed E-state index contributed by atoms with van der Waals surface area (Å²) < 4.78 is 0. The minimum Gasteiger partial charge on any atom is -0.508 e. The summed E-state index contributed by atoms with van der Waals surface area (Å²) in [4.78, 5) is 23.9. The molecule has 1 saturated heterocycles. The third-order valence-corrected chi connectivity index (χ3v) is 3.13. The molecule has 0 spiro atoms. The number of rotatable bonds is 4. The van der Waals surface area contributed by atoms with Gasteiger partial charge in [0, 0.05) is 37.0 Å². The van der Waals surface area contributed by atoms with E-state index in [1.165, 1.54) is 0 Å². The Labute approximate surface area is 116 Å². The summed E-state index contributed by atoms with van der Waals surface area (Å²) in [5.41, 5.74) is 0.987. The molecule has 0 radical (unpaired) electrons. The van der Waals surface area contributed by atoms with Gasteiger partial charge < -0.3 is 20.4 Å². The number of phenols is 1. The molecule has 2 rings (SSSR count). The van der Waals surface area contributed by atoms with Crippen LogP contribution in [0.5, 0.6) is 5.75 Å². The van der Waals surface area contributed by atoms with E-state index in [-0.39, 0.29) is 11.8 Å². The van der Waals surface area contributed by atoms with E-state index in [1.807, 2.05) is 12.1 Å². The van der Waals surface area contributed by atoms with Crippen molar-refractivity contribution in [3.63, 3.8) is 0 Å². The predicted molar refractivity (Wildman–Crippen MR) is 73.6 cm³/mol. The summed E-state index contributed by atoms with van der Waals surface area (Å²) in [5, 5.41) is 20.4. The topological polar surface area (TPSA) is 89.9 Å². The minimum absolute atomic E-state index is 0.00486. The van der Waals surface area contributed by atoms with Crippen LogP contribution >= 0.6 is 0 Å². The molecule has 0 bridgehead atoms. The van der Waals surface area contributed by atoms with E-state index in [9.17, 15) is 14.7 Å². The molecule has 1 heterocycles. The van der Waals surface area contributed by atoms with Gasteiger partial charge in [-0.15, -0.1) is 0 Å². The van der Waals surface area contributed by atoms with Gasteiger partial charge in [-0.1, -0.05) is 0 Å². The fourth-order valence-electron chi connectivity index (χ4n) is 2.17. The van der Waals surface area contributed by atoms with E-state index in [1.54, 1.807) is 12.1 Å². The number of benzene rings is 1. The van der Waals surface area contributed by atoms with Crippen LogP contribution in [-0.2, 0) is 9.59 Å². The number of carboxylic acids is 1. The molecule has 1 aromatic rings. The highest BCUT2D eigenvalue weighted by Gasteiger charge is 2.23. The molecular formula is C14H16N2O4. The molecule has 1 aliphatic rings. The minimum atomic E-state index is -1.14. The molecule has 1 atom stereocenters. The quantitative estimate of drug-likeness (QED) is 0.705. The standard InChI is InChI=1S/C14H16N2O4/c17-12-3-1-11(2-4-12)16-8-7-10(9-16)15-13(18)5-6-14(19)20/h1-6,10,17H,7-9H2,(H,15,18)(H,19,20)/b6-5-/t10-/m1/s1. The number of hydrogen-bond donors (Lipinski definition) is 3. The number of phenolic OH excluding ortho intramolecular Hbond substituents is 1. The monoisotopic (exact) mass is 276 g/mol. The molecule has 0 unspecified atom stereocenters. The van der Waals surface area contributed by atoms with Crippen LogP contribution in [0.2, 0.25) is 0 Å². The normalized spacial score (nSPS) is 18.4. The number of nitrogens with one attached hydrogen (secondary N) is 1. The van der Waals surface area contributed by atoms with Gasteiger partial charge in [0.05, 0.1) is 0 Å². The van der Waals surface area contributed by atoms with Crippen LogP contribution in [0.15, 0.2) is 36.4 Å². The van der Waals surface area contributed by atoms with Crippen molar-refractivity contribution in [2.75, 3.05) is 18.0 Å². The third kappa shape index (κ3) is 3.74. The van der Waals surface area contributed by atoms with Crippen LogP contribution in [0.1, 0.15) is 6.42 Å². The highest BCUT2D eigenvalue weighted by molar-refractivity contribution is 5.94. The molecule has 1 aromatic carbocycles. The van der Waals surface area contributed by atoms with Crippen LogP contribution in [0, 0.1) is 0 Å². The van der Waals surface area contributed by atoms with E-state index in [0.29, 0.717) is 6.54 Å². The molecular weight excluding hydrogens is 260 g/mol. The zero-order valence-corrected chi connectivity index (χ0v) is 10.8. The summed E-state index contributed by atoms with van der Waals surface area (Å²) in [7, 11) is 0. The largest absolute Gasteiger partial charge is 0.508 e. The lowest BCUT2D eigenvalue weighted by molar-refractivity contribution is -0.131. The van der Waals surface area contributed by atoms with Crippen LogP contribution in [0.3, 0.4) is 0 Å². The molecule has 1 aliphatic heterocycles. The SMILES string of the molecule is O=C(O)/C=C\C(=O)N[C@@H]1CCN(c2ccc(O)cc2)C1. The zero-order chi connectivity index (χ0) is 14.5. The van der Waals surface area contributed by atoms with Crippen LogP contribution in [0.25, 0.3) is 0 Å². The summed E-state index contributed by atoms with van der Waals surface area (Å²) >= 11 is 0. The second kappa shape index (κ2) is 6.10. The van der Waals surface area contributed by atoms with Crippen LogP contribution in [0.4, 0.5) is 5.69 Å². The predicted octanol–water partition coefficient (Wildman–Crippen LogP) is 0.728. The maximum atomic E-state index is 11.5. The fourth-order valence-corrected chi connectivity index (χ4v) is 2.17. The Morgan fingerprint density at radius 3 is 2.60 bits per heavy atom. The molecule has 3 N–H and O–H groups in total. The second-order valence-corrected chi connectivity index (χ2v) is 4.63. The number of aromatic hydroxyl groups is 1. The zero-order valence-electron chi connectivity index (χ0n) is 10.8. The van der Waals surface area contributed by atoms with Crippen molar-refractivity contribution >= 4 is 17.6 Å². The lowest BCUT2D eigenvalue weighted by Gasteiger charge is -2.18. The van der Waals surface area contributed by atoms with Crippen molar-refractivity contribution in [2.24, 2.45) is 0 Å². The molecule has 6 heteroatoms. The number of hydrogen-bond acceptors (Lipinski definition) is 4. The highest BCUT2D eigenvalue weighted by atomic mass is 16.4. The molecule has 0 aliphatic carbocycles. The number of nitrogens with zero attached hydrogens (tertiary/aromatic N) is 1. The van der Waals surface area contributed by atoms with E-state index in [2.05, 4.69) is 10.2 Å². The first-order valence-corrected chi connectivity index (χ1v) is 6.30. The van der Waals surface area contributed by atoms with E-state index in [4.69, 9.17) is 5.11 Å². The van der Waals surface area contributed by atoms with Crippen molar-refractivity contribution in [1.29, 1.82) is 0 Å². The Morgan fingerprint density at radius 1 is 1.25 bits per heavy atom. The van der Waals surface area contributed by atoms with Crippen molar-refractivity contribution in [1.82, 2.24) is 5.32 Å². The Kier molecular flexibility index (Phi) is 4.24. The van der Waals surface area contributed by atoms with Crippen molar-refractivity contribution in [2.45, 2.75) is 12.5 Å². The summed E-state index contributed by atoms with van der Waals surface area (Å²) in [5.74, 6) is -1.32. The van der Waals surface area contributed by atoms with Gasteiger partial charge in [0.1, 0.15) is 5.75 Å². The van der Waals surface area contributed by atoms with E-state index in [0.717, 1.165) is 30.8 Å². The lowest BCUT2D eigenvalue weighted by Crippen LogP contribution is -2.36. The summed E-state index contributed by atoms with van der Waals surface area (Å²) in [6, 6.07) is 6.89. The molecule has 0 saturated carbocycles. The highest BCUT2D eigenvalue weighted by Crippen LogP contribution is 2.22. The Hall–Kier alpha value is -2.50. The third-order valence-electron chi connectivity index (χ3n) is 3.13. The number of carboxylic acid groups (broad SMARTS) is 1. The first-order chi connectivity index (χ1) is 9.54. The van der Waals surface area contributed by atoms with Gasteiger partial charge in [-0.05, 0) is 30.7 Å². The van der Waals surface area contributed by atoms with Crippen LogP contribution in [-0.4, -0.2) is 41.2 Å². The molecule has 106 valence electrons. The van der Waals surface area contributed by atoms with Gasteiger partial charge >= 0.3 is 5.97 Å². The smallest absolute Gasteiger partial charge is 0.328 e. The van der Waals surface area contributed by atoms with Gasteiger partial charge in [0.2, 0.25) is 5.91 Å². The maximum absolute atomic E-state index is 11.5. The molecule has 1 fully saturated rings. The summed E-state index contributed by atoms with van der Waals surface area (Å²) in [6.07, 6.45) is 2.64. The Morgan fingerprint density at radius 2 is 1.95 bits per heavy atom. The van der Waals surface area contributed by atoms with Crippen molar-refractivity contribution in [3.8, 4) is 5.75 Å². The van der Waals surface area contributed by atoms with E-state index >= 15 is 0 Å². The van der Waals surface area contributed by atoms with Gasteiger partial charge in [0.15, 0.2) is 0 Å². The molecule has 1 amide bonds. The van der Waals surface area contributed by atoms with E-state index < -0.39 is 11.9 Å². The average Bonchev–Trinajstić information content (AvgIpc) is 2.85. The van der Waals surface area contributed by atoms with Gasteiger partial charge in [0.25, 0.3) is 0 Å². The van der Waals surface area contributed by atoms with Crippen LogP contribution < -0.4 is 10.2 Å². The fraction of sp³-hybridized carbons (Fsp3) is 0.286. The molecule has 0 aromatic heterocycles. The van der Waals surface area contributed by atoms with Crippen molar-refractivity contribution < 1.29 is 19.8 Å². The number of aliphatic carboxylic acids is 1. The van der Waals surface area contributed by atoms with Gasteiger partial charge in [-0.3, -0.25) is 4.79 Å². The average molecular weight is 276 g/mol. The maximum Gasteiger partial charge on any atom is 0.328 e.